The van der Waals surface area contributed by atoms with Gasteiger partial charge in [-0.3, -0.25) is 4.79 Å². The molecule has 1 aliphatic carbocycles. The molecule has 1 aliphatic rings. The van der Waals surface area contributed by atoms with Crippen molar-refractivity contribution in [1.29, 1.82) is 0 Å². The molecule has 2 aromatic carbocycles. The molecule has 3 aromatic rings. The number of aromatic amines is 1. The second-order valence-electron chi connectivity index (χ2n) is 8.43. The van der Waals surface area contributed by atoms with Gasteiger partial charge in [-0.2, -0.15) is 0 Å². The third-order valence-corrected chi connectivity index (χ3v) is 6.41. The van der Waals surface area contributed by atoms with Gasteiger partial charge in [0.1, 0.15) is 5.82 Å². The Balaban J connectivity index is 1.60. The number of benzene rings is 2. The fraction of sp³-hybridized carbons (Fsp3) is 0.360. The van der Waals surface area contributed by atoms with Crippen LogP contribution in [0.2, 0.25) is 0 Å². The van der Waals surface area contributed by atoms with Gasteiger partial charge in [0.05, 0.1) is 12.1 Å². The lowest BCUT2D eigenvalue weighted by molar-refractivity contribution is 0.362. The molecule has 0 bridgehead atoms. The minimum Gasteiger partial charge on any atom is -0.360 e. The predicted octanol–water partition coefficient (Wildman–Crippen LogP) is 5.19. The number of halogens is 1. The van der Waals surface area contributed by atoms with Gasteiger partial charge in [0.25, 0.3) is 5.56 Å². The van der Waals surface area contributed by atoms with Crippen molar-refractivity contribution < 1.29 is 4.39 Å². The summed E-state index contributed by atoms with van der Waals surface area (Å²) in [7, 11) is 0. The van der Waals surface area contributed by atoms with Gasteiger partial charge in [-0.1, -0.05) is 49.6 Å². The zero-order valence-corrected chi connectivity index (χ0v) is 18.6. The molecule has 31 heavy (non-hydrogen) atoms. The summed E-state index contributed by atoms with van der Waals surface area (Å²) in [4.78, 5) is 17.9. The fourth-order valence-corrected chi connectivity index (χ4v) is 4.57. The standard InChI is InChI=1S/C25H28FN3OS/c1-17-6-5-7-19-14-20(24(30)28-23(17)19)16-29(15-18-10-12-21(26)13-11-18)25(31)27-22-8-3-2-4-9-22/h5-7,10-14,22H,2-4,8-9,15-16H2,1H3,(H,27,31)(H,28,30). The van der Waals surface area contributed by atoms with E-state index in [0.29, 0.717) is 29.8 Å². The highest BCUT2D eigenvalue weighted by Gasteiger charge is 2.19. The monoisotopic (exact) mass is 437 g/mol. The van der Waals surface area contributed by atoms with Crippen LogP contribution in [0, 0.1) is 12.7 Å². The average molecular weight is 438 g/mol. The first-order valence-corrected chi connectivity index (χ1v) is 11.3. The molecule has 0 spiro atoms. The summed E-state index contributed by atoms with van der Waals surface area (Å²) in [6, 6.07) is 14.7. The van der Waals surface area contributed by atoms with Gasteiger partial charge < -0.3 is 15.2 Å². The van der Waals surface area contributed by atoms with Crippen LogP contribution in [-0.2, 0) is 13.1 Å². The molecule has 4 nitrogen and oxygen atoms in total. The number of nitrogens with one attached hydrogen (secondary N) is 2. The van der Waals surface area contributed by atoms with E-state index in [-0.39, 0.29) is 11.4 Å². The van der Waals surface area contributed by atoms with Crippen LogP contribution in [0.4, 0.5) is 4.39 Å². The lowest BCUT2D eigenvalue weighted by Crippen LogP contribution is -2.45. The van der Waals surface area contributed by atoms with Gasteiger partial charge in [-0.25, -0.2) is 4.39 Å². The van der Waals surface area contributed by atoms with Crippen molar-refractivity contribution in [2.75, 3.05) is 0 Å². The Labute approximate surface area is 187 Å². The van der Waals surface area contributed by atoms with E-state index in [4.69, 9.17) is 12.2 Å². The number of aryl methyl sites for hydroxylation is 1. The molecule has 4 rings (SSSR count). The van der Waals surface area contributed by atoms with Gasteiger partial charge in [-0.05, 0) is 66.7 Å². The molecule has 1 saturated carbocycles. The van der Waals surface area contributed by atoms with Gasteiger partial charge >= 0.3 is 0 Å². The van der Waals surface area contributed by atoms with E-state index >= 15 is 0 Å². The summed E-state index contributed by atoms with van der Waals surface area (Å²) in [5.74, 6) is -0.264. The van der Waals surface area contributed by atoms with E-state index in [0.717, 1.165) is 34.9 Å². The zero-order valence-electron chi connectivity index (χ0n) is 17.8. The van der Waals surface area contributed by atoms with Crippen molar-refractivity contribution in [1.82, 2.24) is 15.2 Å². The molecule has 0 saturated heterocycles. The zero-order chi connectivity index (χ0) is 21.8. The van der Waals surface area contributed by atoms with Gasteiger partial charge in [0.2, 0.25) is 0 Å². The summed E-state index contributed by atoms with van der Waals surface area (Å²) >= 11 is 5.77. The third kappa shape index (κ3) is 5.31. The highest BCUT2D eigenvalue weighted by molar-refractivity contribution is 7.80. The second-order valence-corrected chi connectivity index (χ2v) is 8.82. The number of pyridine rings is 1. The fourth-order valence-electron chi connectivity index (χ4n) is 4.27. The molecule has 162 valence electrons. The number of nitrogens with zero attached hydrogens (tertiary/aromatic N) is 1. The van der Waals surface area contributed by atoms with Crippen molar-refractivity contribution in [2.45, 2.75) is 58.2 Å². The lowest BCUT2D eigenvalue weighted by atomic mass is 9.96. The maximum absolute atomic E-state index is 13.4. The number of hydrogen-bond acceptors (Lipinski definition) is 2. The Bertz CT molecular complexity index is 1120. The lowest BCUT2D eigenvalue weighted by Gasteiger charge is -2.31. The van der Waals surface area contributed by atoms with Crippen LogP contribution in [0.1, 0.15) is 48.8 Å². The third-order valence-electron chi connectivity index (χ3n) is 6.03. The molecule has 0 atom stereocenters. The van der Waals surface area contributed by atoms with Crippen LogP contribution in [0.25, 0.3) is 10.9 Å². The van der Waals surface area contributed by atoms with Crippen molar-refractivity contribution in [2.24, 2.45) is 0 Å². The van der Waals surface area contributed by atoms with Crippen molar-refractivity contribution >= 4 is 28.2 Å². The molecule has 0 amide bonds. The van der Waals surface area contributed by atoms with Crippen molar-refractivity contribution in [3.63, 3.8) is 0 Å². The van der Waals surface area contributed by atoms with Crippen LogP contribution in [0.3, 0.4) is 0 Å². The largest absolute Gasteiger partial charge is 0.360 e. The summed E-state index contributed by atoms with van der Waals surface area (Å²) in [6.07, 6.45) is 5.92. The number of hydrogen-bond donors (Lipinski definition) is 2. The van der Waals surface area contributed by atoms with Crippen molar-refractivity contribution in [3.8, 4) is 0 Å². The average Bonchev–Trinajstić information content (AvgIpc) is 2.76. The first kappa shape index (κ1) is 21.5. The van der Waals surface area contributed by atoms with Crippen LogP contribution >= 0.6 is 12.2 Å². The number of thiocarbonyl (C=S) groups is 1. The number of aromatic nitrogens is 1. The quantitative estimate of drug-likeness (QED) is 0.540. The molecule has 0 unspecified atom stereocenters. The van der Waals surface area contributed by atoms with E-state index in [2.05, 4.69) is 10.3 Å². The highest BCUT2D eigenvalue weighted by atomic mass is 32.1. The van der Waals surface area contributed by atoms with E-state index in [9.17, 15) is 9.18 Å². The summed E-state index contributed by atoms with van der Waals surface area (Å²) < 4.78 is 13.4. The predicted molar refractivity (Wildman–Crippen MR) is 128 cm³/mol. The molecule has 1 heterocycles. The second kappa shape index (κ2) is 9.60. The highest BCUT2D eigenvalue weighted by Crippen LogP contribution is 2.20. The van der Waals surface area contributed by atoms with E-state index < -0.39 is 0 Å². The Hall–Kier alpha value is -2.73. The topological polar surface area (TPSA) is 48.1 Å². The Morgan fingerprint density at radius 1 is 1.13 bits per heavy atom. The van der Waals surface area contributed by atoms with E-state index in [1.807, 2.05) is 36.1 Å². The van der Waals surface area contributed by atoms with E-state index in [1.54, 1.807) is 12.1 Å². The number of fused-ring (bicyclic) bond motifs is 1. The smallest absolute Gasteiger partial charge is 0.253 e. The molecule has 0 radical (unpaired) electrons. The molecule has 6 heteroatoms. The first-order valence-electron chi connectivity index (χ1n) is 10.9. The molecule has 1 aromatic heterocycles. The maximum Gasteiger partial charge on any atom is 0.253 e. The number of rotatable bonds is 5. The Kier molecular flexibility index (Phi) is 6.66. The molecule has 1 fully saturated rings. The number of para-hydroxylation sites is 1. The maximum atomic E-state index is 13.4. The van der Waals surface area contributed by atoms with Crippen LogP contribution in [-0.4, -0.2) is 21.0 Å². The SMILES string of the molecule is Cc1cccc2cc(CN(Cc3ccc(F)cc3)C(=S)NC3CCCCC3)c(=O)[nH]c12. The van der Waals surface area contributed by atoms with Crippen LogP contribution in [0.5, 0.6) is 0 Å². The minimum absolute atomic E-state index is 0.105. The molecule has 0 aliphatic heterocycles. The normalized spacial score (nSPS) is 14.5. The Morgan fingerprint density at radius 2 is 1.87 bits per heavy atom. The Morgan fingerprint density at radius 3 is 2.61 bits per heavy atom. The van der Waals surface area contributed by atoms with Gasteiger partial charge in [0, 0.05) is 18.2 Å². The summed E-state index contributed by atoms with van der Waals surface area (Å²) in [5, 5.41) is 5.15. The first-order chi connectivity index (χ1) is 15.0. The molecular weight excluding hydrogens is 409 g/mol. The summed E-state index contributed by atoms with van der Waals surface area (Å²) in [5.41, 5.74) is 3.41. The van der Waals surface area contributed by atoms with Gasteiger partial charge in [0.15, 0.2) is 5.11 Å². The van der Waals surface area contributed by atoms with E-state index in [1.165, 1.54) is 31.4 Å². The molecular formula is C25H28FN3OS. The summed E-state index contributed by atoms with van der Waals surface area (Å²) in [6.45, 7) is 2.88. The van der Waals surface area contributed by atoms with Crippen LogP contribution in [0.15, 0.2) is 53.3 Å². The van der Waals surface area contributed by atoms with Crippen molar-refractivity contribution in [3.05, 3.63) is 81.4 Å². The molecule has 2 N–H and O–H groups in total. The minimum atomic E-state index is -0.264. The van der Waals surface area contributed by atoms with Crippen LogP contribution < -0.4 is 10.9 Å². The van der Waals surface area contributed by atoms with Gasteiger partial charge in [-0.15, -0.1) is 0 Å². The number of H-pyrrole nitrogens is 1.